The summed E-state index contributed by atoms with van der Waals surface area (Å²) in [5.74, 6) is -0.151. The van der Waals surface area contributed by atoms with E-state index in [9.17, 15) is 4.79 Å². The first-order valence-corrected chi connectivity index (χ1v) is 7.66. The van der Waals surface area contributed by atoms with Crippen LogP contribution in [0.2, 0.25) is 0 Å². The van der Waals surface area contributed by atoms with Gasteiger partial charge in [0.1, 0.15) is 0 Å². The number of hydrogen-bond acceptors (Lipinski definition) is 3. The van der Waals surface area contributed by atoms with E-state index in [1.165, 1.54) is 0 Å². The molecule has 1 amide bonds. The Morgan fingerprint density at radius 1 is 1.29 bits per heavy atom. The summed E-state index contributed by atoms with van der Waals surface area (Å²) in [6, 6.07) is 7.56. The summed E-state index contributed by atoms with van der Waals surface area (Å²) in [5.41, 5.74) is 3.19. The third kappa shape index (κ3) is 4.04. The molecule has 0 aliphatic rings. The number of carbonyl (C=O) groups is 1. The zero-order chi connectivity index (χ0) is 15.2. The van der Waals surface area contributed by atoms with Crippen molar-refractivity contribution in [2.24, 2.45) is 0 Å². The Kier molecular flexibility index (Phi) is 5.33. The fraction of sp³-hybridized carbons (Fsp3) is 0.250. The van der Waals surface area contributed by atoms with Gasteiger partial charge in [0.15, 0.2) is 0 Å². The first-order chi connectivity index (χ1) is 10.1. The fourth-order valence-electron chi connectivity index (χ4n) is 1.92. The molecule has 1 aromatic carbocycles. The van der Waals surface area contributed by atoms with Crippen molar-refractivity contribution in [1.82, 2.24) is 4.98 Å². The molecule has 21 heavy (non-hydrogen) atoms. The number of benzene rings is 1. The SMILES string of the molecule is CCCNc1cnccc1C(=O)Nc1cc(C)ccc1Br. The van der Waals surface area contributed by atoms with E-state index in [-0.39, 0.29) is 5.91 Å². The third-order valence-electron chi connectivity index (χ3n) is 3.00. The maximum Gasteiger partial charge on any atom is 0.257 e. The van der Waals surface area contributed by atoms with E-state index < -0.39 is 0 Å². The maximum atomic E-state index is 12.5. The highest BCUT2D eigenvalue weighted by Crippen LogP contribution is 2.25. The van der Waals surface area contributed by atoms with E-state index in [1.807, 2.05) is 25.1 Å². The van der Waals surface area contributed by atoms with Gasteiger partial charge >= 0.3 is 0 Å². The van der Waals surface area contributed by atoms with Crippen LogP contribution in [0.25, 0.3) is 0 Å². The Balaban J connectivity index is 2.22. The number of nitrogens with one attached hydrogen (secondary N) is 2. The molecule has 2 N–H and O–H groups in total. The Morgan fingerprint density at radius 2 is 2.10 bits per heavy atom. The highest BCUT2D eigenvalue weighted by molar-refractivity contribution is 9.10. The fourth-order valence-corrected chi connectivity index (χ4v) is 2.26. The summed E-state index contributed by atoms with van der Waals surface area (Å²) in [5, 5.41) is 6.15. The number of carbonyl (C=O) groups excluding carboxylic acids is 1. The zero-order valence-corrected chi connectivity index (χ0v) is 13.7. The molecule has 0 bridgehead atoms. The molecule has 0 saturated carbocycles. The van der Waals surface area contributed by atoms with Crippen LogP contribution in [0.1, 0.15) is 29.3 Å². The van der Waals surface area contributed by atoms with Gasteiger partial charge in [-0.05, 0) is 53.0 Å². The average Bonchev–Trinajstić information content (AvgIpc) is 2.49. The van der Waals surface area contributed by atoms with Crippen LogP contribution in [0, 0.1) is 6.92 Å². The molecular formula is C16H18BrN3O. The summed E-state index contributed by atoms with van der Waals surface area (Å²) >= 11 is 3.45. The van der Waals surface area contributed by atoms with Crippen LogP contribution < -0.4 is 10.6 Å². The van der Waals surface area contributed by atoms with Crippen LogP contribution in [0.4, 0.5) is 11.4 Å². The van der Waals surface area contributed by atoms with Gasteiger partial charge in [0.2, 0.25) is 0 Å². The number of hydrogen-bond donors (Lipinski definition) is 2. The third-order valence-corrected chi connectivity index (χ3v) is 3.69. The lowest BCUT2D eigenvalue weighted by Gasteiger charge is -2.12. The van der Waals surface area contributed by atoms with Crippen molar-refractivity contribution in [3.05, 3.63) is 52.3 Å². The second kappa shape index (κ2) is 7.22. The van der Waals surface area contributed by atoms with Crippen LogP contribution >= 0.6 is 15.9 Å². The van der Waals surface area contributed by atoms with Crippen molar-refractivity contribution >= 4 is 33.2 Å². The first kappa shape index (κ1) is 15.5. The molecule has 0 saturated heterocycles. The van der Waals surface area contributed by atoms with E-state index in [4.69, 9.17) is 0 Å². The molecule has 1 heterocycles. The van der Waals surface area contributed by atoms with Gasteiger partial charge < -0.3 is 10.6 Å². The molecule has 0 atom stereocenters. The maximum absolute atomic E-state index is 12.5. The van der Waals surface area contributed by atoms with Gasteiger partial charge in [0.05, 0.1) is 23.1 Å². The number of amides is 1. The molecule has 0 spiro atoms. The Bertz CT molecular complexity index is 643. The predicted octanol–water partition coefficient (Wildman–Crippen LogP) is 4.23. The summed E-state index contributed by atoms with van der Waals surface area (Å²) in [4.78, 5) is 16.5. The molecule has 0 fully saturated rings. The predicted molar refractivity (Wildman–Crippen MR) is 89.8 cm³/mol. The lowest BCUT2D eigenvalue weighted by Crippen LogP contribution is -2.15. The highest BCUT2D eigenvalue weighted by Gasteiger charge is 2.12. The molecule has 0 aliphatic carbocycles. The van der Waals surface area contributed by atoms with E-state index in [0.29, 0.717) is 5.56 Å². The van der Waals surface area contributed by atoms with Crippen molar-refractivity contribution in [1.29, 1.82) is 0 Å². The van der Waals surface area contributed by atoms with Gasteiger partial charge in [-0.25, -0.2) is 0 Å². The second-order valence-corrected chi connectivity index (χ2v) is 5.64. The smallest absolute Gasteiger partial charge is 0.257 e. The number of aryl methyl sites for hydroxylation is 1. The number of pyridine rings is 1. The second-order valence-electron chi connectivity index (χ2n) is 4.79. The summed E-state index contributed by atoms with van der Waals surface area (Å²) < 4.78 is 0.860. The van der Waals surface area contributed by atoms with Gasteiger partial charge in [0.25, 0.3) is 5.91 Å². The highest BCUT2D eigenvalue weighted by atomic mass is 79.9. The topological polar surface area (TPSA) is 54.0 Å². The summed E-state index contributed by atoms with van der Waals surface area (Å²) in [6.07, 6.45) is 4.28. The molecule has 110 valence electrons. The average molecular weight is 348 g/mol. The number of aromatic nitrogens is 1. The largest absolute Gasteiger partial charge is 0.383 e. The normalized spacial score (nSPS) is 10.2. The molecule has 2 rings (SSSR count). The molecule has 0 radical (unpaired) electrons. The van der Waals surface area contributed by atoms with Crippen LogP contribution in [0.3, 0.4) is 0 Å². The quantitative estimate of drug-likeness (QED) is 0.850. The van der Waals surface area contributed by atoms with Crippen molar-refractivity contribution in [3.8, 4) is 0 Å². The van der Waals surface area contributed by atoms with Gasteiger partial charge in [-0.1, -0.05) is 13.0 Å². The number of halogens is 1. The van der Waals surface area contributed by atoms with Crippen molar-refractivity contribution in [2.75, 3.05) is 17.2 Å². The van der Waals surface area contributed by atoms with E-state index >= 15 is 0 Å². The van der Waals surface area contributed by atoms with Crippen LogP contribution in [-0.4, -0.2) is 17.4 Å². The van der Waals surface area contributed by atoms with E-state index in [0.717, 1.165) is 34.4 Å². The summed E-state index contributed by atoms with van der Waals surface area (Å²) in [6.45, 7) is 4.87. The standard InChI is InChI=1S/C16H18BrN3O/c1-3-7-19-15-10-18-8-6-12(15)16(21)20-14-9-11(2)4-5-13(14)17/h4-6,8-10,19H,3,7H2,1-2H3,(H,20,21). The molecule has 0 aliphatic heterocycles. The van der Waals surface area contributed by atoms with Crippen molar-refractivity contribution in [2.45, 2.75) is 20.3 Å². The number of rotatable bonds is 5. The monoisotopic (exact) mass is 347 g/mol. The molecule has 1 aromatic heterocycles. The van der Waals surface area contributed by atoms with Crippen LogP contribution in [-0.2, 0) is 0 Å². The van der Waals surface area contributed by atoms with Crippen molar-refractivity contribution in [3.63, 3.8) is 0 Å². The van der Waals surface area contributed by atoms with Gasteiger partial charge in [0, 0.05) is 17.2 Å². The van der Waals surface area contributed by atoms with Crippen molar-refractivity contribution < 1.29 is 4.79 Å². The minimum absolute atomic E-state index is 0.151. The first-order valence-electron chi connectivity index (χ1n) is 6.87. The Labute approximate surface area is 133 Å². The molecular weight excluding hydrogens is 330 g/mol. The van der Waals surface area contributed by atoms with Crippen LogP contribution in [0.15, 0.2) is 41.1 Å². The molecule has 0 unspecified atom stereocenters. The number of anilines is 2. The Hall–Kier alpha value is -1.88. The molecule has 2 aromatic rings. The Morgan fingerprint density at radius 3 is 2.86 bits per heavy atom. The van der Waals surface area contributed by atoms with Crippen LogP contribution in [0.5, 0.6) is 0 Å². The van der Waals surface area contributed by atoms with Gasteiger partial charge in [-0.15, -0.1) is 0 Å². The number of nitrogens with zero attached hydrogens (tertiary/aromatic N) is 1. The van der Waals surface area contributed by atoms with E-state index in [2.05, 4.69) is 38.5 Å². The van der Waals surface area contributed by atoms with E-state index in [1.54, 1.807) is 18.5 Å². The van der Waals surface area contributed by atoms with Gasteiger partial charge in [-0.3, -0.25) is 9.78 Å². The molecule has 5 heteroatoms. The minimum atomic E-state index is -0.151. The molecule has 4 nitrogen and oxygen atoms in total. The lowest BCUT2D eigenvalue weighted by molar-refractivity contribution is 0.102. The lowest BCUT2D eigenvalue weighted by atomic mass is 10.2. The van der Waals surface area contributed by atoms with Gasteiger partial charge in [-0.2, -0.15) is 0 Å². The zero-order valence-electron chi connectivity index (χ0n) is 12.1. The minimum Gasteiger partial charge on any atom is -0.383 e. The summed E-state index contributed by atoms with van der Waals surface area (Å²) in [7, 11) is 0.